The highest BCUT2D eigenvalue weighted by Crippen LogP contribution is 2.41. The third-order valence-electron chi connectivity index (χ3n) is 2.16. The Balaban J connectivity index is 2.90. The molecule has 2 rings (SSSR count). The first-order valence-corrected chi connectivity index (χ1v) is 4.19. The van der Waals surface area contributed by atoms with Crippen molar-refractivity contribution in [1.29, 1.82) is 0 Å². The smallest absolute Gasteiger partial charge is 0.352 e. The van der Waals surface area contributed by atoms with Gasteiger partial charge in [0.1, 0.15) is 0 Å². The fourth-order valence-electron chi connectivity index (χ4n) is 1.48. The van der Waals surface area contributed by atoms with Crippen LogP contribution in [-0.4, -0.2) is 15.1 Å². The number of benzene rings is 2. The largest absolute Gasteiger partial charge is 0.502 e. The van der Waals surface area contributed by atoms with E-state index in [0.29, 0.717) is 10.8 Å². The van der Waals surface area contributed by atoms with Crippen molar-refractivity contribution in [3.8, 4) is 11.5 Å². The van der Waals surface area contributed by atoms with Crippen molar-refractivity contribution in [1.82, 2.24) is 0 Å². The van der Waals surface area contributed by atoms with Crippen LogP contribution >= 0.6 is 0 Å². The van der Waals surface area contributed by atoms with Crippen molar-refractivity contribution >= 4 is 16.5 Å². The Morgan fingerprint density at radius 2 is 1.87 bits per heavy atom. The van der Waals surface area contributed by atoms with Crippen LogP contribution in [0.4, 0.5) is 5.69 Å². The Kier molecular flexibility index (Phi) is 1.93. The van der Waals surface area contributed by atoms with Crippen molar-refractivity contribution in [2.24, 2.45) is 0 Å². The molecule has 0 spiro atoms. The number of phenolic OH excluding ortho intramolecular Hbond substituents is 2. The topological polar surface area (TPSA) is 83.6 Å². The number of hydrogen-bond acceptors (Lipinski definition) is 4. The third kappa shape index (κ3) is 1.34. The molecule has 0 aliphatic rings. The molecule has 0 radical (unpaired) electrons. The second-order valence-corrected chi connectivity index (χ2v) is 3.07. The zero-order chi connectivity index (χ0) is 11.0. The lowest BCUT2D eigenvalue weighted by molar-refractivity contribution is -0.386. The summed E-state index contributed by atoms with van der Waals surface area (Å²) in [5.74, 6) is -1.04. The Bertz CT molecular complexity index is 550. The number of fused-ring (bicyclic) bond motifs is 1. The van der Waals surface area contributed by atoms with Gasteiger partial charge in [0, 0.05) is 5.39 Å². The van der Waals surface area contributed by atoms with E-state index >= 15 is 0 Å². The minimum atomic E-state index is -0.808. The van der Waals surface area contributed by atoms with E-state index < -0.39 is 22.1 Å². The summed E-state index contributed by atoms with van der Waals surface area (Å²) in [5, 5.41) is 30.4. The van der Waals surface area contributed by atoms with Gasteiger partial charge in [0.2, 0.25) is 5.75 Å². The Labute approximate surface area is 84.4 Å². The van der Waals surface area contributed by atoms with Gasteiger partial charge in [-0.05, 0) is 11.5 Å². The van der Waals surface area contributed by atoms with Crippen LogP contribution in [0.15, 0.2) is 30.3 Å². The fourth-order valence-corrected chi connectivity index (χ4v) is 1.48. The van der Waals surface area contributed by atoms with Gasteiger partial charge in [0.15, 0.2) is 5.75 Å². The van der Waals surface area contributed by atoms with Gasteiger partial charge in [-0.1, -0.05) is 24.3 Å². The molecule has 0 saturated carbocycles. The first kappa shape index (κ1) is 9.26. The predicted molar refractivity (Wildman–Crippen MR) is 53.9 cm³/mol. The highest BCUT2D eigenvalue weighted by atomic mass is 16.6. The lowest BCUT2D eigenvalue weighted by atomic mass is 10.1. The summed E-state index contributed by atoms with van der Waals surface area (Å²) in [7, 11) is 0. The van der Waals surface area contributed by atoms with E-state index in [1.54, 1.807) is 24.3 Å². The molecule has 0 aromatic heterocycles. The number of nitro benzene ring substituents is 1. The predicted octanol–water partition coefficient (Wildman–Crippen LogP) is 2.16. The van der Waals surface area contributed by atoms with E-state index in [-0.39, 0.29) is 0 Å². The number of hydrogen-bond donors (Lipinski definition) is 2. The van der Waals surface area contributed by atoms with Gasteiger partial charge < -0.3 is 10.2 Å². The lowest BCUT2D eigenvalue weighted by Crippen LogP contribution is -1.90. The van der Waals surface area contributed by atoms with Gasteiger partial charge >= 0.3 is 5.69 Å². The summed E-state index contributed by atoms with van der Waals surface area (Å²) in [6.45, 7) is 0. The summed E-state index contributed by atoms with van der Waals surface area (Å²) in [4.78, 5) is 9.76. The maximum Gasteiger partial charge on any atom is 0.352 e. The van der Waals surface area contributed by atoms with Crippen LogP contribution in [0.2, 0.25) is 0 Å². The van der Waals surface area contributed by atoms with Gasteiger partial charge in [0.25, 0.3) is 0 Å². The summed E-state index contributed by atoms with van der Waals surface area (Å²) in [6, 6.07) is 7.83. The van der Waals surface area contributed by atoms with Gasteiger partial charge in [-0.25, -0.2) is 0 Å². The van der Waals surface area contributed by atoms with E-state index in [1.807, 2.05) is 0 Å². The molecule has 0 bridgehead atoms. The quantitative estimate of drug-likeness (QED) is 0.551. The van der Waals surface area contributed by atoms with Crippen LogP contribution in [0, 0.1) is 10.1 Å². The molecule has 0 aliphatic heterocycles. The summed E-state index contributed by atoms with van der Waals surface area (Å²) in [5.41, 5.74) is -0.659. The molecular weight excluding hydrogens is 198 g/mol. The lowest BCUT2D eigenvalue weighted by Gasteiger charge is -2.03. The highest BCUT2D eigenvalue weighted by Gasteiger charge is 2.22. The van der Waals surface area contributed by atoms with Crippen molar-refractivity contribution < 1.29 is 15.1 Å². The second-order valence-electron chi connectivity index (χ2n) is 3.07. The van der Waals surface area contributed by atoms with Gasteiger partial charge in [-0.15, -0.1) is 0 Å². The van der Waals surface area contributed by atoms with Gasteiger partial charge in [0.05, 0.1) is 4.92 Å². The number of phenols is 2. The standard InChI is InChI=1S/C10H7NO4/c12-8-5-6-3-1-2-4-7(6)10(13)9(8)11(14)15/h1-5,12-13H. The third-order valence-corrected chi connectivity index (χ3v) is 2.16. The normalized spacial score (nSPS) is 10.4. The molecule has 2 aromatic rings. The molecule has 0 saturated heterocycles. The Hall–Kier alpha value is -2.30. The Morgan fingerprint density at radius 1 is 1.20 bits per heavy atom. The molecule has 0 fully saturated rings. The van der Waals surface area contributed by atoms with Crippen LogP contribution < -0.4 is 0 Å². The molecule has 15 heavy (non-hydrogen) atoms. The maximum atomic E-state index is 10.6. The van der Waals surface area contributed by atoms with Crippen LogP contribution in [0.3, 0.4) is 0 Å². The first-order valence-electron chi connectivity index (χ1n) is 4.19. The molecule has 0 unspecified atom stereocenters. The van der Waals surface area contributed by atoms with E-state index in [1.165, 1.54) is 6.07 Å². The molecule has 76 valence electrons. The molecule has 0 heterocycles. The number of rotatable bonds is 1. The molecule has 5 heteroatoms. The van der Waals surface area contributed by atoms with Crippen molar-refractivity contribution in [2.45, 2.75) is 0 Å². The van der Waals surface area contributed by atoms with Crippen molar-refractivity contribution in [3.05, 3.63) is 40.4 Å². The molecule has 2 N–H and O–H groups in total. The number of nitro groups is 1. The zero-order valence-corrected chi connectivity index (χ0v) is 7.54. The molecule has 0 amide bonds. The summed E-state index contributed by atoms with van der Waals surface area (Å²) >= 11 is 0. The fraction of sp³-hybridized carbons (Fsp3) is 0. The average Bonchev–Trinajstić information content (AvgIpc) is 2.17. The van der Waals surface area contributed by atoms with E-state index in [9.17, 15) is 20.3 Å². The second kappa shape index (κ2) is 3.13. The summed E-state index contributed by atoms with van der Waals surface area (Å²) in [6.07, 6.45) is 0. The number of nitrogens with zero attached hydrogens (tertiary/aromatic N) is 1. The average molecular weight is 205 g/mol. The van der Waals surface area contributed by atoms with E-state index in [0.717, 1.165) is 0 Å². The van der Waals surface area contributed by atoms with Crippen molar-refractivity contribution in [2.75, 3.05) is 0 Å². The van der Waals surface area contributed by atoms with E-state index in [2.05, 4.69) is 0 Å². The summed E-state index contributed by atoms with van der Waals surface area (Å²) < 4.78 is 0. The Morgan fingerprint density at radius 3 is 2.53 bits per heavy atom. The maximum absolute atomic E-state index is 10.6. The van der Waals surface area contributed by atoms with Crippen LogP contribution in [0.5, 0.6) is 11.5 Å². The van der Waals surface area contributed by atoms with Gasteiger partial charge in [-0.2, -0.15) is 0 Å². The minimum Gasteiger partial charge on any atom is -0.502 e. The highest BCUT2D eigenvalue weighted by molar-refractivity contribution is 5.93. The molecule has 0 atom stereocenters. The SMILES string of the molecule is O=[N+]([O-])c1c(O)cc2ccccc2c1O. The number of aromatic hydroxyl groups is 2. The van der Waals surface area contributed by atoms with E-state index in [4.69, 9.17) is 0 Å². The van der Waals surface area contributed by atoms with Crippen LogP contribution in [-0.2, 0) is 0 Å². The van der Waals surface area contributed by atoms with Gasteiger partial charge in [-0.3, -0.25) is 10.1 Å². The van der Waals surface area contributed by atoms with Crippen LogP contribution in [0.25, 0.3) is 10.8 Å². The monoisotopic (exact) mass is 205 g/mol. The zero-order valence-electron chi connectivity index (χ0n) is 7.54. The van der Waals surface area contributed by atoms with Crippen LogP contribution in [0.1, 0.15) is 0 Å². The molecule has 5 nitrogen and oxygen atoms in total. The minimum absolute atomic E-state index is 0.349. The first-order chi connectivity index (χ1) is 7.11. The van der Waals surface area contributed by atoms with Crippen molar-refractivity contribution in [3.63, 3.8) is 0 Å². The molecule has 0 aliphatic carbocycles. The molecular formula is C10H7NO4. The molecule has 2 aromatic carbocycles.